The van der Waals surface area contributed by atoms with E-state index in [0.29, 0.717) is 10.9 Å². The van der Waals surface area contributed by atoms with E-state index in [9.17, 15) is 22.8 Å². The molecule has 8 heteroatoms. The Labute approximate surface area is 164 Å². The van der Waals surface area contributed by atoms with Crippen molar-refractivity contribution in [1.29, 1.82) is 0 Å². The smallest absolute Gasteiger partial charge is 0.269 e. The molecule has 29 heavy (non-hydrogen) atoms. The Kier molecular flexibility index (Phi) is 4.52. The molecular formula is C21H20F3N3O2. The van der Waals surface area contributed by atoms with Crippen LogP contribution in [0.3, 0.4) is 0 Å². The molecule has 0 amide bonds. The van der Waals surface area contributed by atoms with Gasteiger partial charge in [0.1, 0.15) is 5.82 Å². The number of hydrogen-bond acceptors (Lipinski definition) is 3. The molecule has 1 aliphatic carbocycles. The molecule has 1 unspecified atom stereocenters. The van der Waals surface area contributed by atoms with Gasteiger partial charge in [0.15, 0.2) is 0 Å². The molecule has 1 aromatic carbocycles. The molecular weight excluding hydrogens is 383 g/mol. The first-order valence-electron chi connectivity index (χ1n) is 9.33. The molecule has 1 saturated carbocycles. The molecule has 2 aromatic heterocycles. The van der Waals surface area contributed by atoms with Crippen molar-refractivity contribution in [2.45, 2.75) is 44.7 Å². The number of hydrogen-bond donors (Lipinski definition) is 1. The Morgan fingerprint density at radius 1 is 1.07 bits per heavy atom. The van der Waals surface area contributed by atoms with E-state index >= 15 is 0 Å². The van der Waals surface area contributed by atoms with Crippen molar-refractivity contribution in [2.24, 2.45) is 0 Å². The van der Waals surface area contributed by atoms with Gasteiger partial charge in [-0.15, -0.1) is 0 Å². The van der Waals surface area contributed by atoms with Crippen LogP contribution < -0.4 is 16.5 Å². The van der Waals surface area contributed by atoms with Crippen LogP contribution in [0.4, 0.5) is 13.2 Å². The summed E-state index contributed by atoms with van der Waals surface area (Å²) in [7, 11) is 0. The Morgan fingerprint density at radius 3 is 2.41 bits per heavy atom. The molecule has 3 aromatic rings. The number of halogens is 3. The molecule has 1 aliphatic rings. The fourth-order valence-corrected chi connectivity index (χ4v) is 3.53. The largest absolute Gasteiger partial charge is 0.315 e. The Bertz CT molecular complexity index is 1210. The van der Waals surface area contributed by atoms with Gasteiger partial charge < -0.3 is 9.99 Å². The van der Waals surface area contributed by atoms with Crippen LogP contribution in [0.1, 0.15) is 50.3 Å². The van der Waals surface area contributed by atoms with Gasteiger partial charge >= 0.3 is 0 Å². The number of nitrogens with one attached hydrogen (secondary N) is 1. The predicted molar refractivity (Wildman–Crippen MR) is 104 cm³/mol. The lowest BCUT2D eigenvalue weighted by atomic mass is 10.0. The van der Waals surface area contributed by atoms with E-state index in [4.69, 9.17) is 0 Å². The van der Waals surface area contributed by atoms with E-state index in [1.54, 1.807) is 23.8 Å². The lowest BCUT2D eigenvalue weighted by Crippen LogP contribution is -2.33. The summed E-state index contributed by atoms with van der Waals surface area (Å²) in [6.45, 7) is 3.56. The van der Waals surface area contributed by atoms with Crippen molar-refractivity contribution in [1.82, 2.24) is 9.24 Å². The first kappa shape index (κ1) is 19.3. The minimum atomic E-state index is -2.94. The van der Waals surface area contributed by atoms with Crippen LogP contribution in [0.5, 0.6) is 0 Å². The first-order valence-corrected chi connectivity index (χ1v) is 9.33. The lowest BCUT2D eigenvalue weighted by Gasteiger charge is -2.21. The first-order chi connectivity index (χ1) is 13.7. The molecule has 152 valence electrons. The van der Waals surface area contributed by atoms with Crippen LogP contribution >= 0.6 is 0 Å². The SMILES string of the molecule is CC(Nn1c(=O)ccc2cn(C3(C)CC3)c(=O)cc21)c1cccc(C(F)F)c1F. The number of pyridine rings is 2. The Morgan fingerprint density at radius 2 is 1.76 bits per heavy atom. The average molecular weight is 403 g/mol. The van der Waals surface area contributed by atoms with Crippen molar-refractivity contribution in [3.05, 3.63) is 80.2 Å². The number of rotatable bonds is 5. The molecule has 5 nitrogen and oxygen atoms in total. The molecule has 1 fully saturated rings. The van der Waals surface area contributed by atoms with Gasteiger partial charge in [0.05, 0.1) is 17.1 Å². The maximum Gasteiger partial charge on any atom is 0.269 e. The summed E-state index contributed by atoms with van der Waals surface area (Å²) in [4.78, 5) is 25.0. The zero-order chi connectivity index (χ0) is 20.9. The van der Waals surface area contributed by atoms with Gasteiger partial charge in [-0.3, -0.25) is 9.59 Å². The maximum atomic E-state index is 14.5. The second-order valence-corrected chi connectivity index (χ2v) is 7.73. The molecule has 0 aliphatic heterocycles. The van der Waals surface area contributed by atoms with E-state index < -0.39 is 29.4 Å². The fourth-order valence-electron chi connectivity index (χ4n) is 3.53. The third kappa shape index (κ3) is 3.32. The fraction of sp³-hybridized carbons (Fsp3) is 0.333. The van der Waals surface area contributed by atoms with Crippen molar-refractivity contribution >= 4 is 10.9 Å². The third-order valence-electron chi connectivity index (χ3n) is 5.57. The standard InChI is InChI=1S/C21H20F3N3O2/c1-12(14-4-3-5-15(19(14)22)20(23)24)25-27-16-10-18(29)26(21(2)8-9-21)11-13(16)6-7-17(27)28/h3-7,10-12,20,25H,8-9H2,1-2H3. The van der Waals surface area contributed by atoms with Gasteiger partial charge in [-0.1, -0.05) is 18.2 Å². The normalized spacial score (nSPS) is 16.2. The van der Waals surface area contributed by atoms with E-state index in [1.165, 1.54) is 24.3 Å². The second kappa shape index (κ2) is 6.79. The molecule has 2 heterocycles. The van der Waals surface area contributed by atoms with E-state index in [0.717, 1.165) is 23.6 Å². The van der Waals surface area contributed by atoms with Crippen LogP contribution in [-0.2, 0) is 5.54 Å². The Balaban J connectivity index is 1.78. The van der Waals surface area contributed by atoms with Crippen molar-refractivity contribution in [3.63, 3.8) is 0 Å². The van der Waals surface area contributed by atoms with E-state index in [-0.39, 0.29) is 16.7 Å². The van der Waals surface area contributed by atoms with Gasteiger partial charge in [-0.25, -0.2) is 17.8 Å². The molecule has 1 atom stereocenters. The van der Waals surface area contributed by atoms with Gasteiger partial charge in [0.2, 0.25) is 0 Å². The number of fused-ring (bicyclic) bond motifs is 1. The minimum Gasteiger partial charge on any atom is -0.315 e. The topological polar surface area (TPSA) is 56.0 Å². The molecule has 0 saturated heterocycles. The third-order valence-corrected chi connectivity index (χ3v) is 5.57. The predicted octanol–water partition coefficient (Wildman–Crippen LogP) is 4.05. The summed E-state index contributed by atoms with van der Waals surface area (Å²) in [5.74, 6) is -1.01. The maximum absolute atomic E-state index is 14.5. The molecule has 1 N–H and O–H groups in total. The summed E-state index contributed by atoms with van der Waals surface area (Å²) in [5.41, 5.74) is 1.63. The number of nitrogens with zero attached hydrogens (tertiary/aromatic N) is 2. The number of alkyl halides is 2. The van der Waals surface area contributed by atoms with Crippen LogP contribution in [0, 0.1) is 5.82 Å². The van der Waals surface area contributed by atoms with Gasteiger partial charge in [0, 0.05) is 34.8 Å². The van der Waals surface area contributed by atoms with Crippen LogP contribution in [0.25, 0.3) is 10.9 Å². The van der Waals surface area contributed by atoms with E-state index in [1.807, 2.05) is 6.92 Å². The molecule has 0 spiro atoms. The highest BCUT2D eigenvalue weighted by Crippen LogP contribution is 2.41. The molecule has 0 bridgehead atoms. The van der Waals surface area contributed by atoms with Crippen molar-refractivity contribution in [2.75, 3.05) is 5.43 Å². The highest BCUT2D eigenvalue weighted by Gasteiger charge is 2.40. The van der Waals surface area contributed by atoms with Gasteiger partial charge in [-0.05, 0) is 32.8 Å². The van der Waals surface area contributed by atoms with Crippen molar-refractivity contribution < 1.29 is 13.2 Å². The average Bonchev–Trinajstić information content (AvgIpc) is 3.42. The van der Waals surface area contributed by atoms with Gasteiger partial charge in [0.25, 0.3) is 17.5 Å². The quantitative estimate of drug-likeness (QED) is 0.699. The zero-order valence-corrected chi connectivity index (χ0v) is 16.0. The van der Waals surface area contributed by atoms with Gasteiger partial charge in [-0.2, -0.15) is 0 Å². The lowest BCUT2D eigenvalue weighted by molar-refractivity contribution is 0.146. The molecule has 4 rings (SSSR count). The van der Waals surface area contributed by atoms with Crippen LogP contribution in [0.2, 0.25) is 0 Å². The van der Waals surface area contributed by atoms with Crippen LogP contribution in [0.15, 0.2) is 52.2 Å². The summed E-state index contributed by atoms with van der Waals surface area (Å²) >= 11 is 0. The summed E-state index contributed by atoms with van der Waals surface area (Å²) in [6.07, 6.45) is 0.593. The minimum absolute atomic E-state index is 0.00513. The van der Waals surface area contributed by atoms with Crippen LogP contribution in [-0.4, -0.2) is 9.24 Å². The van der Waals surface area contributed by atoms with E-state index in [2.05, 4.69) is 5.43 Å². The molecule has 0 radical (unpaired) electrons. The zero-order valence-electron chi connectivity index (χ0n) is 16.0. The summed E-state index contributed by atoms with van der Waals surface area (Å²) in [5, 5.41) is 0.666. The highest BCUT2D eigenvalue weighted by molar-refractivity contribution is 5.78. The van der Waals surface area contributed by atoms with Crippen molar-refractivity contribution in [3.8, 4) is 0 Å². The summed E-state index contributed by atoms with van der Waals surface area (Å²) in [6, 6.07) is 7.31. The monoisotopic (exact) mass is 403 g/mol. The number of aromatic nitrogens is 2. The Hall–Kier alpha value is -3.03. The second-order valence-electron chi connectivity index (χ2n) is 7.73. The summed E-state index contributed by atoms with van der Waals surface area (Å²) < 4.78 is 43.3. The number of benzene rings is 1. The highest BCUT2D eigenvalue weighted by atomic mass is 19.3.